The minimum absolute atomic E-state index is 0. The Hall–Kier alpha value is -1.38. The van der Waals surface area contributed by atoms with Crippen molar-refractivity contribution in [1.29, 1.82) is 0 Å². The van der Waals surface area contributed by atoms with Gasteiger partial charge in [-0.05, 0) is 31.0 Å². The van der Waals surface area contributed by atoms with Gasteiger partial charge in [0.15, 0.2) is 5.96 Å². The van der Waals surface area contributed by atoms with Crippen LogP contribution in [0.4, 0.5) is 4.39 Å². The van der Waals surface area contributed by atoms with Gasteiger partial charge in [-0.15, -0.1) is 24.0 Å². The van der Waals surface area contributed by atoms with Crippen molar-refractivity contribution >= 4 is 41.5 Å². The lowest BCUT2D eigenvalue weighted by molar-refractivity contribution is 0.182. The lowest BCUT2D eigenvalue weighted by Gasteiger charge is -2.14. The molecule has 7 heteroatoms. The van der Waals surface area contributed by atoms with Gasteiger partial charge < -0.3 is 15.7 Å². The molecule has 0 amide bonds. The molecule has 0 aliphatic rings. The lowest BCUT2D eigenvalue weighted by atomic mass is 10.1. The van der Waals surface area contributed by atoms with E-state index in [4.69, 9.17) is 11.6 Å². The maximum Gasteiger partial charge on any atom is 0.191 e. The molecular weight excluding hydrogens is 468 g/mol. The summed E-state index contributed by atoms with van der Waals surface area (Å²) < 4.78 is 13.7. The molecule has 1 unspecified atom stereocenters. The summed E-state index contributed by atoms with van der Waals surface area (Å²) >= 11 is 6.14. The first-order valence-electron chi connectivity index (χ1n) is 8.30. The summed E-state index contributed by atoms with van der Waals surface area (Å²) in [6.45, 7) is 3.36. The summed E-state index contributed by atoms with van der Waals surface area (Å²) in [5, 5.41) is 17.2. The zero-order valence-electron chi connectivity index (χ0n) is 14.6. The molecule has 26 heavy (non-hydrogen) atoms. The smallest absolute Gasteiger partial charge is 0.191 e. The van der Waals surface area contributed by atoms with Crippen LogP contribution < -0.4 is 10.6 Å². The van der Waals surface area contributed by atoms with Gasteiger partial charge in [0.1, 0.15) is 11.9 Å². The van der Waals surface area contributed by atoms with Gasteiger partial charge in [0.05, 0.1) is 6.54 Å². The van der Waals surface area contributed by atoms with E-state index in [9.17, 15) is 9.50 Å². The van der Waals surface area contributed by atoms with Gasteiger partial charge in [-0.1, -0.05) is 48.0 Å². The molecule has 3 N–H and O–H groups in total. The van der Waals surface area contributed by atoms with Gasteiger partial charge in [0, 0.05) is 23.7 Å². The Labute approximate surface area is 175 Å². The molecule has 0 saturated heterocycles. The first kappa shape index (κ1) is 22.7. The number of aliphatic hydroxyl groups excluding tert-OH is 1. The molecule has 2 aromatic rings. The van der Waals surface area contributed by atoms with Gasteiger partial charge in [-0.25, -0.2) is 4.39 Å². The van der Waals surface area contributed by atoms with Crippen molar-refractivity contribution < 1.29 is 9.50 Å². The van der Waals surface area contributed by atoms with Crippen LogP contribution >= 0.6 is 35.6 Å². The van der Waals surface area contributed by atoms with E-state index in [1.165, 1.54) is 6.07 Å². The quantitative estimate of drug-likeness (QED) is 0.313. The number of aliphatic imine (C=N–C) groups is 1. The van der Waals surface area contributed by atoms with Crippen molar-refractivity contribution in [1.82, 2.24) is 10.6 Å². The highest BCUT2D eigenvalue weighted by Crippen LogP contribution is 2.17. The monoisotopic (exact) mass is 491 g/mol. The molecule has 0 radical (unpaired) electrons. The van der Waals surface area contributed by atoms with E-state index in [0.717, 1.165) is 17.0 Å². The predicted molar refractivity (Wildman–Crippen MR) is 116 cm³/mol. The summed E-state index contributed by atoms with van der Waals surface area (Å²) in [4.78, 5) is 4.33. The highest BCUT2D eigenvalue weighted by atomic mass is 127. The standard InChI is InChI=1S/C19H23ClFN3O.HI/c1-2-22-19(23-12-11-14-7-3-5-9-16(14)20)24-13-18(25)15-8-4-6-10-17(15)21;/h3-10,18,25H,2,11-13H2,1H3,(H2,22,23,24);1H. The second-order valence-corrected chi connectivity index (χ2v) is 5.93. The van der Waals surface area contributed by atoms with Crippen LogP contribution in [-0.2, 0) is 6.42 Å². The third-order valence-corrected chi connectivity index (χ3v) is 4.04. The third-order valence-electron chi connectivity index (χ3n) is 3.68. The first-order valence-corrected chi connectivity index (χ1v) is 8.67. The number of benzene rings is 2. The fourth-order valence-corrected chi connectivity index (χ4v) is 2.61. The molecule has 0 saturated carbocycles. The van der Waals surface area contributed by atoms with Gasteiger partial charge in [0.2, 0.25) is 0 Å². The summed E-state index contributed by atoms with van der Waals surface area (Å²) in [6, 6.07) is 13.9. The molecule has 0 spiro atoms. The molecule has 2 aromatic carbocycles. The SMILES string of the molecule is CCNC(=NCC(O)c1ccccc1F)NCCc1ccccc1Cl.I. The fraction of sp³-hybridized carbons (Fsp3) is 0.316. The number of nitrogens with zero attached hydrogens (tertiary/aromatic N) is 1. The van der Waals surface area contributed by atoms with Gasteiger partial charge in [-0.3, -0.25) is 4.99 Å². The normalized spacial score (nSPS) is 12.2. The third kappa shape index (κ3) is 7.09. The molecule has 0 aromatic heterocycles. The minimum Gasteiger partial charge on any atom is -0.386 e. The number of hydrogen-bond acceptors (Lipinski definition) is 2. The zero-order chi connectivity index (χ0) is 18.1. The van der Waals surface area contributed by atoms with Crippen LogP contribution in [0.5, 0.6) is 0 Å². The van der Waals surface area contributed by atoms with Crippen LogP contribution in [-0.4, -0.2) is 30.7 Å². The summed E-state index contributed by atoms with van der Waals surface area (Å²) in [7, 11) is 0. The number of aliphatic hydroxyl groups is 1. The van der Waals surface area contributed by atoms with Crippen molar-refractivity contribution in [2.75, 3.05) is 19.6 Å². The zero-order valence-corrected chi connectivity index (χ0v) is 17.7. The Morgan fingerprint density at radius 3 is 2.54 bits per heavy atom. The van der Waals surface area contributed by atoms with Crippen LogP contribution in [0.1, 0.15) is 24.2 Å². The Morgan fingerprint density at radius 2 is 1.85 bits per heavy atom. The van der Waals surface area contributed by atoms with Crippen molar-refractivity contribution in [2.24, 2.45) is 4.99 Å². The number of halogens is 3. The number of rotatable bonds is 7. The molecule has 0 aliphatic heterocycles. The van der Waals surface area contributed by atoms with Crippen LogP contribution in [0.2, 0.25) is 5.02 Å². The Morgan fingerprint density at radius 1 is 1.15 bits per heavy atom. The molecule has 0 fully saturated rings. The van der Waals surface area contributed by atoms with Crippen molar-refractivity contribution in [3.63, 3.8) is 0 Å². The van der Waals surface area contributed by atoms with Crippen LogP contribution in [0, 0.1) is 5.82 Å². The molecule has 2 rings (SSSR count). The van der Waals surface area contributed by atoms with Crippen molar-refractivity contribution in [2.45, 2.75) is 19.4 Å². The van der Waals surface area contributed by atoms with E-state index < -0.39 is 11.9 Å². The Bertz CT molecular complexity index is 715. The van der Waals surface area contributed by atoms with Gasteiger partial charge in [-0.2, -0.15) is 0 Å². The topological polar surface area (TPSA) is 56.7 Å². The van der Waals surface area contributed by atoms with E-state index in [-0.39, 0.29) is 36.1 Å². The molecular formula is C19H24ClFIN3O. The van der Waals surface area contributed by atoms with E-state index in [2.05, 4.69) is 15.6 Å². The Balaban J connectivity index is 0.00000338. The summed E-state index contributed by atoms with van der Waals surface area (Å²) in [5.41, 5.74) is 1.30. The molecule has 0 bridgehead atoms. The minimum atomic E-state index is -0.986. The Kier molecular flexibility index (Phi) is 10.5. The second kappa shape index (κ2) is 12.1. The van der Waals surface area contributed by atoms with Crippen molar-refractivity contribution in [3.05, 3.63) is 70.5 Å². The van der Waals surface area contributed by atoms with Crippen LogP contribution in [0.15, 0.2) is 53.5 Å². The number of hydrogen-bond donors (Lipinski definition) is 3. The van der Waals surface area contributed by atoms with Crippen molar-refractivity contribution in [3.8, 4) is 0 Å². The largest absolute Gasteiger partial charge is 0.386 e. The fourth-order valence-electron chi connectivity index (χ4n) is 2.38. The molecule has 0 aliphatic carbocycles. The van der Waals surface area contributed by atoms with Crippen LogP contribution in [0.25, 0.3) is 0 Å². The van der Waals surface area contributed by atoms with E-state index >= 15 is 0 Å². The average Bonchev–Trinajstić information content (AvgIpc) is 2.61. The average molecular weight is 492 g/mol. The van der Waals surface area contributed by atoms with Gasteiger partial charge >= 0.3 is 0 Å². The highest BCUT2D eigenvalue weighted by molar-refractivity contribution is 14.0. The lowest BCUT2D eigenvalue weighted by Crippen LogP contribution is -2.38. The highest BCUT2D eigenvalue weighted by Gasteiger charge is 2.11. The van der Waals surface area contributed by atoms with E-state index in [1.807, 2.05) is 31.2 Å². The molecule has 0 heterocycles. The predicted octanol–water partition coefficient (Wildman–Crippen LogP) is 3.93. The van der Waals surface area contributed by atoms with Gasteiger partial charge in [0.25, 0.3) is 0 Å². The second-order valence-electron chi connectivity index (χ2n) is 5.53. The number of guanidine groups is 1. The molecule has 4 nitrogen and oxygen atoms in total. The maximum absolute atomic E-state index is 13.7. The molecule has 1 atom stereocenters. The maximum atomic E-state index is 13.7. The van der Waals surface area contributed by atoms with E-state index in [0.29, 0.717) is 19.0 Å². The first-order chi connectivity index (χ1) is 12.1. The summed E-state index contributed by atoms with van der Waals surface area (Å²) in [5.74, 6) is 0.145. The van der Waals surface area contributed by atoms with E-state index in [1.54, 1.807) is 18.2 Å². The molecule has 142 valence electrons. The number of nitrogens with one attached hydrogen (secondary N) is 2. The summed E-state index contributed by atoms with van der Waals surface area (Å²) in [6.07, 6.45) is -0.236. The van der Waals surface area contributed by atoms with Crippen LogP contribution in [0.3, 0.4) is 0 Å².